The van der Waals surface area contributed by atoms with E-state index in [0.717, 1.165) is 31.4 Å². The average molecular weight is 386 g/mol. The Morgan fingerprint density at radius 3 is 2.65 bits per heavy atom. The van der Waals surface area contributed by atoms with Crippen LogP contribution in [0, 0.1) is 11.7 Å². The van der Waals surface area contributed by atoms with Crippen LogP contribution >= 0.6 is 26.6 Å². The lowest BCUT2D eigenvalue weighted by Gasteiger charge is -2.07. The van der Waals surface area contributed by atoms with E-state index in [1.54, 1.807) is 0 Å². The largest absolute Gasteiger partial charge is 0.462 e. The van der Waals surface area contributed by atoms with Crippen LogP contribution in [-0.2, 0) is 13.8 Å². The van der Waals surface area contributed by atoms with Crippen molar-refractivity contribution >= 4 is 41.6 Å². The molecule has 0 atom stereocenters. The zero-order valence-electron chi connectivity index (χ0n) is 10.2. The summed E-state index contributed by atoms with van der Waals surface area (Å²) < 4.78 is 40.9. The third-order valence-electron chi connectivity index (χ3n) is 2.95. The molecule has 0 heterocycles. The number of halogens is 3. The van der Waals surface area contributed by atoms with Gasteiger partial charge < -0.3 is 4.74 Å². The minimum absolute atomic E-state index is 0.180. The van der Waals surface area contributed by atoms with Crippen molar-refractivity contribution in [2.75, 3.05) is 6.61 Å². The van der Waals surface area contributed by atoms with Crippen molar-refractivity contribution in [3.05, 3.63) is 28.0 Å². The number of hydrogen-bond donors (Lipinski definition) is 0. The molecule has 0 saturated heterocycles. The van der Waals surface area contributed by atoms with Gasteiger partial charge in [-0.3, -0.25) is 0 Å². The van der Waals surface area contributed by atoms with Gasteiger partial charge in [0.15, 0.2) is 0 Å². The second kappa shape index (κ2) is 5.99. The summed E-state index contributed by atoms with van der Waals surface area (Å²) in [5.41, 5.74) is -0.180. The summed E-state index contributed by atoms with van der Waals surface area (Å²) in [6.07, 6.45) is 3.05. The maximum absolute atomic E-state index is 13.6. The van der Waals surface area contributed by atoms with Crippen molar-refractivity contribution in [1.82, 2.24) is 0 Å². The van der Waals surface area contributed by atoms with Crippen molar-refractivity contribution in [3.63, 3.8) is 0 Å². The van der Waals surface area contributed by atoms with E-state index in [4.69, 9.17) is 15.4 Å². The van der Waals surface area contributed by atoms with Crippen molar-refractivity contribution < 1.29 is 22.3 Å². The highest BCUT2D eigenvalue weighted by Gasteiger charge is 2.23. The fourth-order valence-corrected chi connectivity index (χ4v) is 3.76. The monoisotopic (exact) mass is 384 g/mol. The molecule has 1 aliphatic carbocycles. The molecule has 0 spiro atoms. The Bertz CT molecular complexity index is 643. The van der Waals surface area contributed by atoms with Crippen LogP contribution in [0.15, 0.2) is 21.5 Å². The highest BCUT2D eigenvalue weighted by atomic mass is 79.9. The van der Waals surface area contributed by atoms with Crippen molar-refractivity contribution in [1.29, 1.82) is 0 Å². The SMILES string of the molecule is O=C(OCCC1CC1)c1cc(F)c(Br)c(S(=O)(=O)Cl)c1. The molecule has 0 radical (unpaired) electrons. The molecule has 1 saturated carbocycles. The van der Waals surface area contributed by atoms with E-state index in [-0.39, 0.29) is 16.6 Å². The third-order valence-corrected chi connectivity index (χ3v) is 5.36. The lowest BCUT2D eigenvalue weighted by atomic mass is 10.2. The zero-order valence-corrected chi connectivity index (χ0v) is 13.4. The van der Waals surface area contributed by atoms with E-state index in [9.17, 15) is 17.6 Å². The fraction of sp³-hybridized carbons (Fsp3) is 0.417. The maximum Gasteiger partial charge on any atom is 0.338 e. The van der Waals surface area contributed by atoms with Gasteiger partial charge in [0, 0.05) is 10.7 Å². The van der Waals surface area contributed by atoms with E-state index in [1.807, 2.05) is 0 Å². The summed E-state index contributed by atoms with van der Waals surface area (Å²) in [6.45, 7) is 0.240. The number of carbonyl (C=O) groups is 1. The van der Waals surface area contributed by atoms with E-state index in [1.165, 1.54) is 0 Å². The molecule has 4 nitrogen and oxygen atoms in total. The quantitative estimate of drug-likeness (QED) is 0.575. The van der Waals surface area contributed by atoms with Crippen LogP contribution in [0.5, 0.6) is 0 Å². The zero-order chi connectivity index (χ0) is 14.9. The fourth-order valence-electron chi connectivity index (χ4n) is 1.67. The Balaban J connectivity index is 2.18. The molecule has 2 rings (SSSR count). The van der Waals surface area contributed by atoms with Crippen LogP contribution in [0.4, 0.5) is 4.39 Å². The number of ether oxygens (including phenoxy) is 1. The van der Waals surface area contributed by atoms with E-state index in [2.05, 4.69) is 15.9 Å². The molecule has 0 aromatic heterocycles. The molecule has 1 aliphatic rings. The molecular formula is C12H11BrClFO4S. The Morgan fingerprint density at radius 2 is 2.10 bits per heavy atom. The molecule has 1 aromatic carbocycles. The number of esters is 1. The minimum atomic E-state index is -4.16. The molecule has 0 N–H and O–H groups in total. The van der Waals surface area contributed by atoms with Gasteiger partial charge in [-0.05, 0) is 40.4 Å². The minimum Gasteiger partial charge on any atom is -0.462 e. The smallest absolute Gasteiger partial charge is 0.338 e. The lowest BCUT2D eigenvalue weighted by molar-refractivity contribution is 0.0494. The maximum atomic E-state index is 13.6. The summed E-state index contributed by atoms with van der Waals surface area (Å²) in [6, 6.07) is 1.91. The van der Waals surface area contributed by atoms with Crippen LogP contribution in [0.1, 0.15) is 29.6 Å². The van der Waals surface area contributed by atoms with Crippen LogP contribution in [0.3, 0.4) is 0 Å². The highest BCUT2D eigenvalue weighted by molar-refractivity contribution is 9.10. The van der Waals surface area contributed by atoms with Crippen LogP contribution in [0.25, 0.3) is 0 Å². The molecule has 20 heavy (non-hydrogen) atoms. The Hall–Kier alpha value is -0.660. The molecule has 0 unspecified atom stereocenters. The van der Waals surface area contributed by atoms with Gasteiger partial charge in [0.25, 0.3) is 9.05 Å². The van der Waals surface area contributed by atoms with E-state index >= 15 is 0 Å². The van der Waals surface area contributed by atoms with Crippen LogP contribution in [0.2, 0.25) is 0 Å². The molecule has 1 aromatic rings. The van der Waals surface area contributed by atoms with Gasteiger partial charge in [-0.25, -0.2) is 17.6 Å². The van der Waals surface area contributed by atoms with Gasteiger partial charge in [-0.1, -0.05) is 12.8 Å². The standard InChI is InChI=1S/C12H11BrClFO4S/c13-11-9(15)5-8(6-10(11)20(14,17)18)12(16)19-4-3-7-1-2-7/h5-7H,1-4H2. The van der Waals surface area contributed by atoms with Gasteiger partial charge in [0.1, 0.15) is 10.7 Å². The van der Waals surface area contributed by atoms with E-state index in [0.29, 0.717) is 5.92 Å². The Labute approximate surface area is 128 Å². The normalized spacial score (nSPS) is 15.2. The number of hydrogen-bond acceptors (Lipinski definition) is 4. The van der Waals surface area contributed by atoms with Crippen molar-refractivity contribution in [3.8, 4) is 0 Å². The summed E-state index contributed by atoms with van der Waals surface area (Å²) in [7, 11) is 1.03. The number of carbonyl (C=O) groups excluding carboxylic acids is 1. The summed E-state index contributed by atoms with van der Waals surface area (Å²) in [5.74, 6) is -1.05. The average Bonchev–Trinajstić information content (AvgIpc) is 3.14. The first-order valence-electron chi connectivity index (χ1n) is 5.90. The number of benzene rings is 1. The first-order valence-corrected chi connectivity index (χ1v) is 9.00. The Kier molecular flexibility index (Phi) is 4.71. The number of rotatable bonds is 5. The Morgan fingerprint density at radius 1 is 1.45 bits per heavy atom. The third kappa shape index (κ3) is 3.93. The van der Waals surface area contributed by atoms with Gasteiger partial charge in [0.2, 0.25) is 0 Å². The molecule has 1 fully saturated rings. The molecule has 0 aliphatic heterocycles. The van der Waals surface area contributed by atoms with Crippen LogP contribution in [-0.4, -0.2) is 21.0 Å². The second-order valence-electron chi connectivity index (χ2n) is 4.58. The topological polar surface area (TPSA) is 60.4 Å². The first kappa shape index (κ1) is 15.7. The van der Waals surface area contributed by atoms with Gasteiger partial charge >= 0.3 is 5.97 Å². The summed E-state index contributed by atoms with van der Waals surface area (Å²) in [4.78, 5) is 11.3. The summed E-state index contributed by atoms with van der Waals surface area (Å²) >= 11 is 2.79. The lowest BCUT2D eigenvalue weighted by Crippen LogP contribution is -2.09. The molecule has 110 valence electrons. The van der Waals surface area contributed by atoms with Gasteiger partial charge in [0.05, 0.1) is 16.6 Å². The predicted molar refractivity (Wildman–Crippen MR) is 74.8 cm³/mol. The van der Waals surface area contributed by atoms with Gasteiger partial charge in [-0.15, -0.1) is 0 Å². The molecule has 0 bridgehead atoms. The van der Waals surface area contributed by atoms with Gasteiger partial charge in [-0.2, -0.15) is 0 Å². The van der Waals surface area contributed by atoms with Crippen LogP contribution < -0.4 is 0 Å². The molecule has 8 heteroatoms. The highest BCUT2D eigenvalue weighted by Crippen LogP contribution is 2.32. The van der Waals surface area contributed by atoms with Crippen molar-refractivity contribution in [2.45, 2.75) is 24.2 Å². The molecular weight excluding hydrogens is 375 g/mol. The van der Waals surface area contributed by atoms with E-state index < -0.39 is 25.7 Å². The first-order chi connectivity index (χ1) is 9.29. The second-order valence-corrected chi connectivity index (χ2v) is 7.90. The van der Waals surface area contributed by atoms with Crippen molar-refractivity contribution in [2.24, 2.45) is 5.92 Å². The molecule has 0 amide bonds. The predicted octanol–water partition coefficient (Wildman–Crippen LogP) is 3.47. The summed E-state index contributed by atoms with van der Waals surface area (Å²) in [5, 5.41) is 0.